The molecule has 0 saturated carbocycles. The Morgan fingerprint density at radius 1 is 1.16 bits per heavy atom. The van der Waals surface area contributed by atoms with Crippen LogP contribution in [-0.2, 0) is 10.0 Å². The standard InChI is InChI=1S/C12H12ClN3O2S/c1-8-3-4-10(9(2)5-8)19(17,18)16-12-7-14-11(13)6-15-12/h3-7H,1-2H3,(H,15,16). The van der Waals surface area contributed by atoms with Crippen LogP contribution in [0.1, 0.15) is 11.1 Å². The Morgan fingerprint density at radius 3 is 2.47 bits per heavy atom. The average Bonchev–Trinajstić information content (AvgIpc) is 2.31. The highest BCUT2D eigenvalue weighted by Crippen LogP contribution is 2.19. The zero-order chi connectivity index (χ0) is 14.0. The Hall–Kier alpha value is -1.66. The number of nitrogens with zero attached hydrogens (tertiary/aromatic N) is 2. The third kappa shape index (κ3) is 3.21. The molecule has 0 saturated heterocycles. The fourth-order valence-corrected chi connectivity index (χ4v) is 2.98. The van der Waals surface area contributed by atoms with E-state index in [0.29, 0.717) is 5.56 Å². The fraction of sp³-hybridized carbons (Fsp3) is 0.167. The summed E-state index contributed by atoms with van der Waals surface area (Å²) < 4.78 is 26.8. The van der Waals surface area contributed by atoms with E-state index in [1.54, 1.807) is 19.1 Å². The Balaban J connectivity index is 2.35. The van der Waals surface area contributed by atoms with Crippen LogP contribution in [0.2, 0.25) is 5.15 Å². The molecule has 2 rings (SSSR count). The van der Waals surface area contributed by atoms with Crippen LogP contribution in [0.5, 0.6) is 0 Å². The second-order valence-corrected chi connectivity index (χ2v) is 6.14. The zero-order valence-corrected chi connectivity index (χ0v) is 12.0. The summed E-state index contributed by atoms with van der Waals surface area (Å²) in [5.74, 6) is 0.129. The van der Waals surface area contributed by atoms with Crippen LogP contribution in [0.3, 0.4) is 0 Å². The average molecular weight is 298 g/mol. The minimum atomic E-state index is -3.67. The van der Waals surface area contributed by atoms with Gasteiger partial charge in [-0.1, -0.05) is 29.3 Å². The van der Waals surface area contributed by atoms with E-state index < -0.39 is 10.0 Å². The largest absolute Gasteiger partial charge is 0.263 e. The lowest BCUT2D eigenvalue weighted by molar-refractivity contribution is 0.600. The van der Waals surface area contributed by atoms with Crippen molar-refractivity contribution in [2.45, 2.75) is 18.7 Å². The molecule has 0 amide bonds. The summed E-state index contributed by atoms with van der Waals surface area (Å²) in [7, 11) is -3.67. The first-order chi connectivity index (χ1) is 8.88. The molecule has 0 unspecified atom stereocenters. The van der Waals surface area contributed by atoms with Crippen LogP contribution >= 0.6 is 11.6 Å². The van der Waals surface area contributed by atoms with Crippen LogP contribution < -0.4 is 4.72 Å². The van der Waals surface area contributed by atoms with Gasteiger partial charge < -0.3 is 0 Å². The van der Waals surface area contributed by atoms with Crippen molar-refractivity contribution in [3.05, 3.63) is 46.9 Å². The van der Waals surface area contributed by atoms with Gasteiger partial charge in [0.15, 0.2) is 5.82 Å². The maximum absolute atomic E-state index is 12.2. The van der Waals surface area contributed by atoms with Crippen LogP contribution in [-0.4, -0.2) is 18.4 Å². The Kier molecular flexibility index (Phi) is 3.73. The lowest BCUT2D eigenvalue weighted by Crippen LogP contribution is -2.15. The predicted molar refractivity (Wildman–Crippen MR) is 73.8 cm³/mol. The topological polar surface area (TPSA) is 72.0 Å². The third-order valence-corrected chi connectivity index (χ3v) is 4.19. The number of nitrogens with one attached hydrogen (secondary N) is 1. The summed E-state index contributed by atoms with van der Waals surface area (Å²) >= 11 is 5.59. The predicted octanol–water partition coefficient (Wildman–Crippen LogP) is 2.55. The molecule has 1 aromatic heterocycles. The zero-order valence-electron chi connectivity index (χ0n) is 10.4. The van der Waals surface area contributed by atoms with Crippen LogP contribution in [0, 0.1) is 13.8 Å². The van der Waals surface area contributed by atoms with Crippen molar-refractivity contribution in [1.82, 2.24) is 9.97 Å². The number of rotatable bonds is 3. The van der Waals surface area contributed by atoms with E-state index in [0.717, 1.165) is 5.56 Å². The SMILES string of the molecule is Cc1ccc(S(=O)(=O)Nc2cnc(Cl)cn2)c(C)c1. The highest BCUT2D eigenvalue weighted by molar-refractivity contribution is 7.92. The highest BCUT2D eigenvalue weighted by atomic mass is 35.5. The molecule has 5 nitrogen and oxygen atoms in total. The Labute approximate surface area is 116 Å². The molecule has 0 radical (unpaired) electrons. The van der Waals surface area contributed by atoms with E-state index >= 15 is 0 Å². The molecule has 19 heavy (non-hydrogen) atoms. The van der Waals surface area contributed by atoms with Gasteiger partial charge in [-0.15, -0.1) is 0 Å². The Bertz CT molecular complexity index is 699. The van der Waals surface area contributed by atoms with Gasteiger partial charge in [-0.2, -0.15) is 0 Å². The van der Waals surface area contributed by atoms with E-state index in [-0.39, 0.29) is 15.9 Å². The van der Waals surface area contributed by atoms with E-state index in [1.165, 1.54) is 12.4 Å². The van der Waals surface area contributed by atoms with Gasteiger partial charge in [0.1, 0.15) is 5.15 Å². The van der Waals surface area contributed by atoms with Crippen LogP contribution in [0.25, 0.3) is 0 Å². The molecule has 1 heterocycles. The van der Waals surface area contributed by atoms with Crippen molar-refractivity contribution in [1.29, 1.82) is 0 Å². The second kappa shape index (κ2) is 5.14. The second-order valence-electron chi connectivity index (χ2n) is 4.10. The van der Waals surface area contributed by atoms with E-state index in [4.69, 9.17) is 11.6 Å². The van der Waals surface area contributed by atoms with Gasteiger partial charge >= 0.3 is 0 Å². The van der Waals surface area contributed by atoms with Gasteiger partial charge in [-0.25, -0.2) is 18.4 Å². The first-order valence-corrected chi connectivity index (χ1v) is 7.32. The molecular formula is C12H12ClN3O2S. The molecule has 100 valence electrons. The minimum Gasteiger partial charge on any atom is -0.262 e. The lowest BCUT2D eigenvalue weighted by atomic mass is 10.2. The maximum Gasteiger partial charge on any atom is 0.263 e. The molecule has 2 aromatic rings. The summed E-state index contributed by atoms with van der Waals surface area (Å²) in [5.41, 5.74) is 1.68. The summed E-state index contributed by atoms with van der Waals surface area (Å²) in [6.07, 6.45) is 2.55. The van der Waals surface area contributed by atoms with Crippen molar-refractivity contribution in [2.75, 3.05) is 4.72 Å². The molecule has 0 atom stereocenters. The van der Waals surface area contributed by atoms with Crippen molar-refractivity contribution in [3.8, 4) is 0 Å². The molecule has 0 aliphatic heterocycles. The van der Waals surface area contributed by atoms with Crippen molar-refractivity contribution < 1.29 is 8.42 Å². The van der Waals surface area contributed by atoms with Crippen molar-refractivity contribution >= 4 is 27.4 Å². The van der Waals surface area contributed by atoms with Crippen LogP contribution in [0.4, 0.5) is 5.82 Å². The number of sulfonamides is 1. The number of halogens is 1. The highest BCUT2D eigenvalue weighted by Gasteiger charge is 2.17. The minimum absolute atomic E-state index is 0.129. The molecular weight excluding hydrogens is 286 g/mol. The van der Waals surface area contributed by atoms with E-state index in [1.807, 2.05) is 13.0 Å². The molecule has 0 spiro atoms. The maximum atomic E-state index is 12.2. The van der Waals surface area contributed by atoms with Gasteiger partial charge in [0.25, 0.3) is 10.0 Å². The Morgan fingerprint density at radius 2 is 1.89 bits per heavy atom. The number of anilines is 1. The van der Waals surface area contributed by atoms with Gasteiger partial charge in [0, 0.05) is 0 Å². The summed E-state index contributed by atoms with van der Waals surface area (Å²) in [5, 5.41) is 0.203. The number of aromatic nitrogens is 2. The monoisotopic (exact) mass is 297 g/mol. The number of hydrogen-bond acceptors (Lipinski definition) is 4. The van der Waals surface area contributed by atoms with Gasteiger partial charge in [0.2, 0.25) is 0 Å². The summed E-state index contributed by atoms with van der Waals surface area (Å²) in [4.78, 5) is 7.84. The van der Waals surface area contributed by atoms with Gasteiger partial charge in [-0.05, 0) is 25.5 Å². The molecule has 0 aliphatic rings. The molecule has 0 aliphatic carbocycles. The molecule has 7 heteroatoms. The number of aryl methyl sites for hydroxylation is 2. The van der Waals surface area contributed by atoms with Crippen LogP contribution in [0.15, 0.2) is 35.5 Å². The van der Waals surface area contributed by atoms with E-state index in [9.17, 15) is 8.42 Å². The first kappa shape index (κ1) is 13.8. The van der Waals surface area contributed by atoms with Crippen molar-refractivity contribution in [2.24, 2.45) is 0 Å². The van der Waals surface area contributed by atoms with Gasteiger partial charge in [-0.3, -0.25) is 4.72 Å². The smallest absolute Gasteiger partial charge is 0.262 e. The number of hydrogen-bond donors (Lipinski definition) is 1. The number of benzene rings is 1. The summed E-state index contributed by atoms with van der Waals surface area (Å²) in [6, 6.07) is 5.12. The van der Waals surface area contributed by atoms with E-state index in [2.05, 4.69) is 14.7 Å². The first-order valence-electron chi connectivity index (χ1n) is 5.46. The normalized spacial score (nSPS) is 11.3. The van der Waals surface area contributed by atoms with Crippen molar-refractivity contribution in [3.63, 3.8) is 0 Å². The fourth-order valence-electron chi connectivity index (χ4n) is 1.66. The molecule has 0 fully saturated rings. The molecule has 0 bridgehead atoms. The third-order valence-electron chi connectivity index (χ3n) is 2.48. The molecule has 1 N–H and O–H groups in total. The molecule has 1 aromatic carbocycles. The lowest BCUT2D eigenvalue weighted by Gasteiger charge is -2.09. The summed E-state index contributed by atoms with van der Waals surface area (Å²) in [6.45, 7) is 3.65. The quantitative estimate of drug-likeness (QED) is 0.945. The van der Waals surface area contributed by atoms with Gasteiger partial charge in [0.05, 0.1) is 17.3 Å².